The van der Waals surface area contributed by atoms with E-state index >= 15 is 0 Å². The summed E-state index contributed by atoms with van der Waals surface area (Å²) in [7, 11) is 0. The molecule has 13 heavy (non-hydrogen) atoms. The molecule has 0 aliphatic carbocycles. The Kier molecular flexibility index (Phi) is 4.61. The summed E-state index contributed by atoms with van der Waals surface area (Å²) < 4.78 is 0. The van der Waals surface area contributed by atoms with Crippen molar-refractivity contribution in [3.05, 3.63) is 34.3 Å². The van der Waals surface area contributed by atoms with Crippen LogP contribution in [0.3, 0.4) is 0 Å². The number of benzene rings is 1. The van der Waals surface area contributed by atoms with Gasteiger partial charge in [-0.1, -0.05) is 23.7 Å². The Hall–Kier alpha value is -0.200. The van der Waals surface area contributed by atoms with Crippen molar-refractivity contribution in [3.8, 4) is 0 Å². The molecular weight excluding hydrogens is 203 g/mol. The fourth-order valence-electron chi connectivity index (χ4n) is 1.29. The monoisotopic (exact) mass is 216 g/mol. The molecule has 0 aromatic heterocycles. The van der Waals surface area contributed by atoms with Gasteiger partial charge < -0.3 is 0 Å². The Labute approximate surface area is 89.9 Å². The molecular formula is C11H14Cl2. The first-order valence-electron chi connectivity index (χ1n) is 4.55. The molecule has 1 rings (SSSR count). The summed E-state index contributed by atoms with van der Waals surface area (Å²) in [6, 6.07) is 6.20. The topological polar surface area (TPSA) is 0 Å². The summed E-state index contributed by atoms with van der Waals surface area (Å²) in [5.41, 5.74) is 2.51. The van der Waals surface area contributed by atoms with E-state index in [-0.39, 0.29) is 0 Å². The first kappa shape index (κ1) is 10.9. The van der Waals surface area contributed by atoms with E-state index in [1.807, 2.05) is 13.0 Å². The average Bonchev–Trinajstić information content (AvgIpc) is 2.12. The van der Waals surface area contributed by atoms with Crippen LogP contribution in [0.1, 0.15) is 24.0 Å². The number of alkyl halides is 1. The maximum Gasteiger partial charge on any atom is 0.0435 e. The van der Waals surface area contributed by atoms with Crippen molar-refractivity contribution < 1.29 is 0 Å². The second kappa shape index (κ2) is 5.51. The van der Waals surface area contributed by atoms with Crippen LogP contribution >= 0.6 is 23.2 Å². The molecule has 0 heterocycles. The highest BCUT2D eigenvalue weighted by Gasteiger charge is 1.97. The van der Waals surface area contributed by atoms with Crippen LogP contribution in [-0.4, -0.2) is 5.88 Å². The largest absolute Gasteiger partial charge is 0.127 e. The predicted octanol–water partition coefficient (Wildman–Crippen LogP) is 4.21. The van der Waals surface area contributed by atoms with Crippen LogP contribution in [0, 0.1) is 6.92 Å². The van der Waals surface area contributed by atoms with Gasteiger partial charge in [0.15, 0.2) is 0 Å². The van der Waals surface area contributed by atoms with Crippen molar-refractivity contribution >= 4 is 23.2 Å². The van der Waals surface area contributed by atoms with E-state index in [1.165, 1.54) is 5.56 Å². The minimum Gasteiger partial charge on any atom is -0.127 e. The maximum atomic E-state index is 5.92. The summed E-state index contributed by atoms with van der Waals surface area (Å²) in [6.45, 7) is 2.04. The van der Waals surface area contributed by atoms with E-state index in [2.05, 4.69) is 12.1 Å². The third kappa shape index (κ3) is 3.58. The average molecular weight is 217 g/mol. The molecule has 72 valence electrons. The van der Waals surface area contributed by atoms with E-state index < -0.39 is 0 Å². The van der Waals surface area contributed by atoms with Crippen molar-refractivity contribution in [2.24, 2.45) is 0 Å². The lowest BCUT2D eigenvalue weighted by atomic mass is 10.1. The van der Waals surface area contributed by atoms with Gasteiger partial charge in [-0.15, -0.1) is 11.6 Å². The molecule has 1 aromatic carbocycles. The zero-order valence-electron chi connectivity index (χ0n) is 7.82. The molecule has 0 N–H and O–H groups in total. The molecule has 0 spiro atoms. The Morgan fingerprint density at radius 3 is 2.62 bits per heavy atom. The summed E-state index contributed by atoms with van der Waals surface area (Å²) >= 11 is 11.5. The lowest BCUT2D eigenvalue weighted by Crippen LogP contribution is -1.87. The van der Waals surface area contributed by atoms with E-state index in [4.69, 9.17) is 23.2 Å². The van der Waals surface area contributed by atoms with Crippen LogP contribution in [0.2, 0.25) is 5.02 Å². The molecule has 0 saturated heterocycles. The number of hydrogen-bond acceptors (Lipinski definition) is 0. The van der Waals surface area contributed by atoms with Crippen LogP contribution in [0.5, 0.6) is 0 Å². The Bertz CT molecular complexity index is 269. The SMILES string of the molecule is Cc1cc(CCCCCl)ccc1Cl. The van der Waals surface area contributed by atoms with Gasteiger partial charge in [0.05, 0.1) is 0 Å². The summed E-state index contributed by atoms with van der Waals surface area (Å²) in [5.74, 6) is 0.757. The molecule has 0 saturated carbocycles. The molecule has 0 aliphatic rings. The van der Waals surface area contributed by atoms with Crippen LogP contribution in [0.25, 0.3) is 0 Å². The van der Waals surface area contributed by atoms with Crippen LogP contribution in [0.15, 0.2) is 18.2 Å². The first-order valence-corrected chi connectivity index (χ1v) is 5.46. The molecule has 1 aromatic rings. The number of halogens is 2. The maximum absolute atomic E-state index is 5.92. The van der Waals surface area contributed by atoms with Crippen LogP contribution in [0.4, 0.5) is 0 Å². The lowest BCUT2D eigenvalue weighted by molar-refractivity contribution is 0.799. The zero-order chi connectivity index (χ0) is 9.68. The third-order valence-corrected chi connectivity index (χ3v) is 2.76. The first-order chi connectivity index (χ1) is 6.24. The second-order valence-corrected chi connectivity index (χ2v) is 4.01. The van der Waals surface area contributed by atoms with Gasteiger partial charge in [-0.3, -0.25) is 0 Å². The number of unbranched alkanes of at least 4 members (excludes halogenated alkanes) is 1. The van der Waals surface area contributed by atoms with Crippen LogP contribution in [-0.2, 0) is 6.42 Å². The Morgan fingerprint density at radius 1 is 1.23 bits per heavy atom. The van der Waals surface area contributed by atoms with Gasteiger partial charge in [-0.25, -0.2) is 0 Å². The minimum absolute atomic E-state index is 0.757. The molecule has 0 aliphatic heterocycles. The summed E-state index contributed by atoms with van der Waals surface area (Å²) in [4.78, 5) is 0. The van der Waals surface area contributed by atoms with Crippen molar-refractivity contribution in [1.29, 1.82) is 0 Å². The van der Waals surface area contributed by atoms with Gasteiger partial charge in [0.1, 0.15) is 0 Å². The quantitative estimate of drug-likeness (QED) is 0.523. The third-order valence-electron chi connectivity index (χ3n) is 2.07. The standard InChI is InChI=1S/C11H14Cl2/c1-9-8-10(4-2-3-7-12)5-6-11(9)13/h5-6,8H,2-4,7H2,1H3. The molecule has 0 nitrogen and oxygen atoms in total. The fourth-order valence-corrected chi connectivity index (χ4v) is 1.59. The summed E-state index contributed by atoms with van der Waals surface area (Å²) in [5, 5.41) is 0.848. The number of aryl methyl sites for hydroxylation is 2. The summed E-state index contributed by atoms with van der Waals surface area (Å²) in [6.07, 6.45) is 3.35. The molecule has 0 fully saturated rings. The molecule has 2 heteroatoms. The minimum atomic E-state index is 0.757. The second-order valence-electron chi connectivity index (χ2n) is 3.23. The van der Waals surface area contributed by atoms with Crippen molar-refractivity contribution in [1.82, 2.24) is 0 Å². The van der Waals surface area contributed by atoms with Gasteiger partial charge >= 0.3 is 0 Å². The van der Waals surface area contributed by atoms with E-state index in [1.54, 1.807) is 0 Å². The predicted molar refractivity (Wildman–Crippen MR) is 59.8 cm³/mol. The molecule has 0 unspecified atom stereocenters. The van der Waals surface area contributed by atoms with Crippen molar-refractivity contribution in [2.45, 2.75) is 26.2 Å². The van der Waals surface area contributed by atoms with Crippen LogP contribution < -0.4 is 0 Å². The molecule has 0 bridgehead atoms. The highest BCUT2D eigenvalue weighted by molar-refractivity contribution is 6.31. The van der Waals surface area contributed by atoms with E-state index in [0.29, 0.717) is 0 Å². The van der Waals surface area contributed by atoms with Gasteiger partial charge in [-0.2, -0.15) is 0 Å². The highest BCUT2D eigenvalue weighted by Crippen LogP contribution is 2.17. The van der Waals surface area contributed by atoms with Gasteiger partial charge in [0.25, 0.3) is 0 Å². The Morgan fingerprint density at radius 2 is 2.00 bits per heavy atom. The molecule has 0 amide bonds. The zero-order valence-corrected chi connectivity index (χ0v) is 9.33. The van der Waals surface area contributed by atoms with Gasteiger partial charge in [-0.05, 0) is 43.4 Å². The smallest absolute Gasteiger partial charge is 0.0435 e. The van der Waals surface area contributed by atoms with Gasteiger partial charge in [0, 0.05) is 10.9 Å². The van der Waals surface area contributed by atoms with Crippen molar-refractivity contribution in [3.63, 3.8) is 0 Å². The van der Waals surface area contributed by atoms with Gasteiger partial charge in [0.2, 0.25) is 0 Å². The van der Waals surface area contributed by atoms with Crippen molar-refractivity contribution in [2.75, 3.05) is 5.88 Å². The number of hydrogen-bond donors (Lipinski definition) is 0. The Balaban J connectivity index is 2.53. The fraction of sp³-hybridized carbons (Fsp3) is 0.455. The molecule has 0 atom stereocenters. The highest BCUT2D eigenvalue weighted by atomic mass is 35.5. The van der Waals surface area contributed by atoms with E-state index in [0.717, 1.165) is 35.7 Å². The number of rotatable bonds is 4. The normalized spacial score (nSPS) is 10.4. The van der Waals surface area contributed by atoms with E-state index in [9.17, 15) is 0 Å². The lowest BCUT2D eigenvalue weighted by Gasteiger charge is -2.03. The molecule has 0 radical (unpaired) electrons.